The molecule has 0 radical (unpaired) electrons. The van der Waals surface area contributed by atoms with Gasteiger partial charge in [-0.25, -0.2) is 10.4 Å². The molecule has 1 aromatic carbocycles. The molecule has 0 spiro atoms. The number of aliphatic hydroxyl groups is 3. The number of H-pyrrole nitrogens is 1. The third-order valence-corrected chi connectivity index (χ3v) is 6.76. The van der Waals surface area contributed by atoms with Crippen LogP contribution in [0.2, 0.25) is 0 Å². The number of hydrogen-bond donors (Lipinski definition) is 6. The number of nitrogen functional groups attached to an aromatic ring is 1. The van der Waals surface area contributed by atoms with Gasteiger partial charge in [0, 0.05) is 37.8 Å². The van der Waals surface area contributed by atoms with Crippen LogP contribution in [0, 0.1) is 10.1 Å². The lowest BCUT2D eigenvalue weighted by atomic mass is 10.1. The van der Waals surface area contributed by atoms with Gasteiger partial charge in [0.05, 0.1) is 17.7 Å². The lowest BCUT2D eigenvalue weighted by molar-refractivity contribution is -0.384. The van der Waals surface area contributed by atoms with E-state index in [0.717, 1.165) is 13.1 Å². The van der Waals surface area contributed by atoms with E-state index in [9.17, 15) is 30.2 Å². The Morgan fingerprint density at radius 1 is 1.28 bits per heavy atom. The standard InChI is InChI=1S/C22H28N10O7/c1-29-4-6-30(7-5-29)12-3-2-11(8-13(12)32(37)38)9-24-28-22-25-15-18(26-21(23)27-19(15)36)31(22)20-17(35)16(34)14(10-33)39-20/h2-3,8-9,14,16-17,20,33-35H,4-7,10H2,1H3,(H,25,28)(H3,23,26,27,36)/b24-9-/t14-,16-,17+,20-/m1/s1. The molecule has 0 saturated carbocycles. The molecular formula is C22H28N10O7. The van der Waals surface area contributed by atoms with Gasteiger partial charge in [0.25, 0.3) is 11.2 Å². The summed E-state index contributed by atoms with van der Waals surface area (Å²) >= 11 is 0. The molecule has 0 amide bonds. The minimum atomic E-state index is -1.50. The summed E-state index contributed by atoms with van der Waals surface area (Å²) in [6.45, 7) is 2.36. The van der Waals surface area contributed by atoms with Crippen LogP contribution in [0.25, 0.3) is 11.2 Å². The van der Waals surface area contributed by atoms with Crippen molar-refractivity contribution in [3.05, 3.63) is 44.2 Å². The largest absolute Gasteiger partial charge is 0.394 e. The van der Waals surface area contributed by atoms with Gasteiger partial charge >= 0.3 is 0 Å². The second-order valence-corrected chi connectivity index (χ2v) is 9.32. The maximum absolute atomic E-state index is 12.4. The Hall–Kier alpha value is -4.16. The highest BCUT2D eigenvalue weighted by Crippen LogP contribution is 2.34. The zero-order valence-corrected chi connectivity index (χ0v) is 20.8. The van der Waals surface area contributed by atoms with E-state index in [1.807, 2.05) is 11.9 Å². The first-order chi connectivity index (χ1) is 18.7. The van der Waals surface area contributed by atoms with Crippen LogP contribution in [0.4, 0.5) is 23.3 Å². The zero-order valence-electron chi connectivity index (χ0n) is 20.8. The number of aromatic amines is 1. The molecule has 5 rings (SSSR count). The Balaban J connectivity index is 1.45. The Bertz CT molecular complexity index is 1470. The second kappa shape index (κ2) is 10.5. The highest BCUT2D eigenvalue weighted by Gasteiger charge is 2.45. The molecule has 17 heteroatoms. The van der Waals surface area contributed by atoms with Crippen molar-refractivity contribution in [3.8, 4) is 0 Å². The number of rotatable bonds is 7. The number of nitrogens with one attached hydrogen (secondary N) is 2. The maximum Gasteiger partial charge on any atom is 0.293 e. The van der Waals surface area contributed by atoms with Crippen LogP contribution < -0.4 is 21.6 Å². The molecule has 2 saturated heterocycles. The van der Waals surface area contributed by atoms with Gasteiger partial charge in [-0.1, -0.05) is 6.07 Å². The minimum Gasteiger partial charge on any atom is -0.394 e. The molecule has 0 bridgehead atoms. The number of likely N-dealkylation sites (N-methyl/N-ethyl adjacent to an activating group) is 1. The van der Waals surface area contributed by atoms with E-state index in [1.165, 1.54) is 16.8 Å². The topological polar surface area (TPSA) is 234 Å². The van der Waals surface area contributed by atoms with Crippen molar-refractivity contribution in [2.75, 3.05) is 55.9 Å². The fourth-order valence-electron chi connectivity index (χ4n) is 4.66. The highest BCUT2D eigenvalue weighted by atomic mass is 16.6. The summed E-state index contributed by atoms with van der Waals surface area (Å²) in [6, 6.07) is 4.76. The molecule has 2 aromatic heterocycles. The molecule has 2 aliphatic heterocycles. The smallest absolute Gasteiger partial charge is 0.293 e. The molecular weight excluding hydrogens is 516 g/mol. The van der Waals surface area contributed by atoms with E-state index in [1.54, 1.807) is 12.1 Å². The van der Waals surface area contributed by atoms with E-state index in [0.29, 0.717) is 24.3 Å². The lowest BCUT2D eigenvalue weighted by Gasteiger charge is -2.33. The summed E-state index contributed by atoms with van der Waals surface area (Å²) in [5, 5.41) is 46.2. The molecule has 4 atom stereocenters. The van der Waals surface area contributed by atoms with Gasteiger partial charge in [0.15, 0.2) is 17.4 Å². The number of nitro groups is 1. The summed E-state index contributed by atoms with van der Waals surface area (Å²) in [7, 11) is 2.00. The molecule has 17 nitrogen and oxygen atoms in total. The van der Waals surface area contributed by atoms with Gasteiger partial charge in [-0.05, 0) is 13.1 Å². The number of hydrogen-bond acceptors (Lipinski definition) is 14. The molecule has 0 aliphatic carbocycles. The summed E-state index contributed by atoms with van der Waals surface area (Å²) in [6.07, 6.45) is -3.99. The van der Waals surface area contributed by atoms with E-state index < -0.39 is 41.6 Å². The summed E-state index contributed by atoms with van der Waals surface area (Å²) in [5.41, 5.74) is 8.35. The average Bonchev–Trinajstić information content (AvgIpc) is 3.40. The van der Waals surface area contributed by atoms with Crippen molar-refractivity contribution >= 4 is 40.6 Å². The highest BCUT2D eigenvalue weighted by molar-refractivity contribution is 5.84. The van der Waals surface area contributed by atoms with Gasteiger partial charge in [-0.2, -0.15) is 10.1 Å². The van der Waals surface area contributed by atoms with Crippen molar-refractivity contribution in [2.45, 2.75) is 24.5 Å². The third-order valence-electron chi connectivity index (χ3n) is 6.76. The van der Waals surface area contributed by atoms with Crippen molar-refractivity contribution in [3.63, 3.8) is 0 Å². The van der Waals surface area contributed by atoms with Crippen molar-refractivity contribution in [2.24, 2.45) is 5.10 Å². The molecule has 4 heterocycles. The number of hydrazone groups is 1. The zero-order chi connectivity index (χ0) is 27.8. The maximum atomic E-state index is 12.4. The van der Waals surface area contributed by atoms with E-state index in [4.69, 9.17) is 10.5 Å². The van der Waals surface area contributed by atoms with Gasteiger partial charge in [-0.15, -0.1) is 0 Å². The second-order valence-electron chi connectivity index (χ2n) is 9.32. The summed E-state index contributed by atoms with van der Waals surface area (Å²) in [4.78, 5) is 38.5. The van der Waals surface area contributed by atoms with Gasteiger partial charge in [-0.3, -0.25) is 24.5 Å². The predicted octanol–water partition coefficient (Wildman–Crippen LogP) is -1.58. The van der Waals surface area contributed by atoms with Gasteiger partial charge in [0.2, 0.25) is 11.9 Å². The Morgan fingerprint density at radius 3 is 2.69 bits per heavy atom. The Morgan fingerprint density at radius 2 is 2.03 bits per heavy atom. The number of nitrogens with two attached hydrogens (primary N) is 1. The van der Waals surface area contributed by atoms with Crippen LogP contribution in [-0.2, 0) is 4.74 Å². The van der Waals surface area contributed by atoms with Crippen LogP contribution in [0.5, 0.6) is 0 Å². The van der Waals surface area contributed by atoms with Crippen molar-refractivity contribution < 1.29 is 25.0 Å². The minimum absolute atomic E-state index is 0.0593. The number of ether oxygens (including phenoxy) is 1. The monoisotopic (exact) mass is 544 g/mol. The SMILES string of the molecule is CN1CCN(c2ccc(/C=N\Nc3nc4c(=O)[nH]c(N)nc4n3[C@@H]3O[C@H](CO)[C@@H](O)[C@@H]3O)cc2[N+](=O)[O-])CC1. The summed E-state index contributed by atoms with van der Waals surface area (Å²) < 4.78 is 6.79. The van der Waals surface area contributed by atoms with Crippen LogP contribution in [0.15, 0.2) is 28.1 Å². The molecule has 208 valence electrons. The van der Waals surface area contributed by atoms with Crippen LogP contribution in [0.1, 0.15) is 11.8 Å². The first-order valence-corrected chi connectivity index (χ1v) is 12.1. The number of nitrogens with zero attached hydrogens (tertiary/aromatic N) is 7. The average molecular weight is 545 g/mol. The fraction of sp³-hybridized carbons (Fsp3) is 0.455. The molecule has 0 unspecified atom stereocenters. The number of imidazole rings is 1. The van der Waals surface area contributed by atoms with E-state index >= 15 is 0 Å². The number of nitro benzene ring substituents is 1. The molecule has 2 fully saturated rings. The number of aliphatic hydroxyl groups excluding tert-OH is 3. The molecule has 7 N–H and O–H groups in total. The molecule has 3 aromatic rings. The first-order valence-electron chi connectivity index (χ1n) is 12.1. The van der Waals surface area contributed by atoms with Crippen molar-refractivity contribution in [1.82, 2.24) is 24.4 Å². The van der Waals surface area contributed by atoms with E-state index in [2.05, 4.69) is 30.4 Å². The normalized spacial score (nSPS) is 24.2. The number of fused-ring (bicyclic) bond motifs is 1. The number of anilines is 3. The number of benzene rings is 1. The fourth-order valence-corrected chi connectivity index (χ4v) is 4.66. The molecule has 39 heavy (non-hydrogen) atoms. The van der Waals surface area contributed by atoms with Gasteiger partial charge in [0.1, 0.15) is 24.0 Å². The lowest BCUT2D eigenvalue weighted by Crippen LogP contribution is -2.44. The Kier molecular flexibility index (Phi) is 7.15. The van der Waals surface area contributed by atoms with Crippen LogP contribution >= 0.6 is 0 Å². The van der Waals surface area contributed by atoms with Gasteiger partial charge < -0.3 is 35.6 Å². The molecule has 2 aliphatic rings. The van der Waals surface area contributed by atoms with E-state index in [-0.39, 0.29) is 28.7 Å². The number of aromatic nitrogens is 4. The van der Waals surface area contributed by atoms with Crippen LogP contribution in [-0.4, -0.2) is 109 Å². The summed E-state index contributed by atoms with van der Waals surface area (Å²) in [5.74, 6) is -0.313. The predicted molar refractivity (Wildman–Crippen MR) is 140 cm³/mol. The Labute approximate surface area is 220 Å². The first kappa shape index (κ1) is 26.4. The quantitative estimate of drug-likeness (QED) is 0.112. The number of piperazine rings is 1. The van der Waals surface area contributed by atoms with Crippen LogP contribution in [0.3, 0.4) is 0 Å². The third kappa shape index (κ3) is 5.00. The van der Waals surface area contributed by atoms with Crippen molar-refractivity contribution in [1.29, 1.82) is 0 Å².